The van der Waals surface area contributed by atoms with E-state index < -0.39 is 0 Å². The summed E-state index contributed by atoms with van der Waals surface area (Å²) in [6.45, 7) is 4.40. The second-order valence-corrected chi connectivity index (χ2v) is 6.26. The van der Waals surface area contributed by atoms with Crippen molar-refractivity contribution in [2.45, 2.75) is 32.9 Å². The van der Waals surface area contributed by atoms with Gasteiger partial charge in [0, 0.05) is 18.8 Å². The lowest BCUT2D eigenvalue weighted by molar-refractivity contribution is -0.121. The Morgan fingerprint density at radius 1 is 1.16 bits per heavy atom. The molecule has 0 spiro atoms. The number of hydrogen-bond acceptors (Lipinski definition) is 3. The highest BCUT2D eigenvalue weighted by Crippen LogP contribution is 2.14. The second kappa shape index (κ2) is 7.34. The van der Waals surface area contributed by atoms with Gasteiger partial charge >= 0.3 is 5.69 Å². The Hall–Kier alpha value is -2.89. The quantitative estimate of drug-likeness (QED) is 0.749. The molecule has 0 bridgehead atoms. The molecule has 0 fully saturated rings. The van der Waals surface area contributed by atoms with E-state index >= 15 is 0 Å². The molecule has 0 aliphatic rings. The number of amides is 1. The third-order valence-corrected chi connectivity index (χ3v) is 4.12. The number of hydrogen-bond donors (Lipinski definition) is 1. The molecule has 0 aliphatic carbocycles. The van der Waals surface area contributed by atoms with Crippen LogP contribution < -0.4 is 11.0 Å². The van der Waals surface area contributed by atoms with Gasteiger partial charge in [-0.15, -0.1) is 0 Å². The van der Waals surface area contributed by atoms with Crippen LogP contribution in [0.1, 0.15) is 25.5 Å². The van der Waals surface area contributed by atoms with Crippen molar-refractivity contribution in [2.75, 3.05) is 6.54 Å². The monoisotopic (exact) mass is 338 g/mol. The molecule has 2 aromatic heterocycles. The zero-order chi connectivity index (χ0) is 17.8. The zero-order valence-electron chi connectivity index (χ0n) is 14.5. The van der Waals surface area contributed by atoms with Crippen molar-refractivity contribution >= 4 is 17.1 Å². The fourth-order valence-electron chi connectivity index (χ4n) is 2.92. The number of imidazole rings is 1. The topological polar surface area (TPSA) is 68.9 Å². The summed E-state index contributed by atoms with van der Waals surface area (Å²) in [5.41, 5.74) is 2.25. The number of aromatic nitrogens is 3. The Morgan fingerprint density at radius 2 is 1.92 bits per heavy atom. The lowest BCUT2D eigenvalue weighted by Crippen LogP contribution is -2.34. The predicted octanol–water partition coefficient (Wildman–Crippen LogP) is 2.14. The number of benzene rings is 1. The molecule has 0 radical (unpaired) electrons. The van der Waals surface area contributed by atoms with Gasteiger partial charge < -0.3 is 5.32 Å². The summed E-state index contributed by atoms with van der Waals surface area (Å²) in [4.78, 5) is 29.2. The summed E-state index contributed by atoms with van der Waals surface area (Å²) in [5.74, 6) is -0.176. The predicted molar refractivity (Wildman–Crippen MR) is 97.5 cm³/mol. The van der Waals surface area contributed by atoms with E-state index in [4.69, 9.17) is 0 Å². The highest BCUT2D eigenvalue weighted by molar-refractivity contribution is 5.79. The van der Waals surface area contributed by atoms with Gasteiger partial charge in [-0.25, -0.2) is 9.78 Å². The molecule has 0 atom stereocenters. The Balaban J connectivity index is 1.73. The first-order valence-electron chi connectivity index (χ1n) is 8.44. The van der Waals surface area contributed by atoms with E-state index in [0.717, 1.165) is 6.42 Å². The van der Waals surface area contributed by atoms with E-state index in [1.165, 1.54) is 10.1 Å². The average molecular weight is 338 g/mol. The van der Waals surface area contributed by atoms with Crippen LogP contribution in [0.5, 0.6) is 0 Å². The molecule has 0 saturated heterocycles. The maximum absolute atomic E-state index is 12.7. The third-order valence-electron chi connectivity index (χ3n) is 4.12. The highest BCUT2D eigenvalue weighted by atomic mass is 16.2. The van der Waals surface area contributed by atoms with Crippen molar-refractivity contribution in [1.29, 1.82) is 0 Å². The normalized spacial score (nSPS) is 11.2. The van der Waals surface area contributed by atoms with Gasteiger partial charge in [0.05, 0.1) is 5.52 Å². The van der Waals surface area contributed by atoms with Crippen molar-refractivity contribution in [3.05, 3.63) is 64.7 Å². The molecule has 1 aromatic carbocycles. The number of pyridine rings is 1. The summed E-state index contributed by atoms with van der Waals surface area (Å²) < 4.78 is 3.10. The SMILES string of the molecule is CC(C)n1c(=O)n(CC(=O)NCCc2ccccc2)c2cccnc21. The number of carbonyl (C=O) groups is 1. The summed E-state index contributed by atoms with van der Waals surface area (Å²) in [5, 5.41) is 2.88. The molecule has 1 N–H and O–H groups in total. The van der Waals surface area contributed by atoms with Gasteiger partial charge in [-0.1, -0.05) is 30.3 Å². The Kier molecular flexibility index (Phi) is 4.97. The number of nitrogens with zero attached hydrogens (tertiary/aromatic N) is 3. The molecule has 130 valence electrons. The Labute approximate surface area is 146 Å². The van der Waals surface area contributed by atoms with Crippen LogP contribution in [-0.2, 0) is 17.8 Å². The smallest absolute Gasteiger partial charge is 0.331 e. The van der Waals surface area contributed by atoms with Crippen LogP contribution in [0.3, 0.4) is 0 Å². The Bertz CT molecular complexity index is 925. The first kappa shape index (κ1) is 17.0. The summed E-state index contributed by atoms with van der Waals surface area (Å²) >= 11 is 0. The average Bonchev–Trinajstić information content (AvgIpc) is 2.88. The van der Waals surface area contributed by atoms with Crippen molar-refractivity contribution in [3.8, 4) is 0 Å². The maximum atomic E-state index is 12.7. The van der Waals surface area contributed by atoms with E-state index in [1.807, 2.05) is 50.2 Å². The second-order valence-electron chi connectivity index (χ2n) is 6.26. The highest BCUT2D eigenvalue weighted by Gasteiger charge is 2.17. The first-order chi connectivity index (χ1) is 12.1. The van der Waals surface area contributed by atoms with Crippen LogP contribution in [0.2, 0.25) is 0 Å². The van der Waals surface area contributed by atoms with E-state index in [2.05, 4.69) is 10.3 Å². The van der Waals surface area contributed by atoms with E-state index in [1.54, 1.807) is 16.8 Å². The third kappa shape index (κ3) is 3.63. The lowest BCUT2D eigenvalue weighted by Gasteiger charge is -2.07. The van der Waals surface area contributed by atoms with Gasteiger partial charge in [-0.2, -0.15) is 0 Å². The summed E-state index contributed by atoms with van der Waals surface area (Å²) in [7, 11) is 0. The summed E-state index contributed by atoms with van der Waals surface area (Å²) in [6.07, 6.45) is 2.42. The minimum absolute atomic E-state index is 0.00443. The van der Waals surface area contributed by atoms with E-state index in [-0.39, 0.29) is 24.2 Å². The summed E-state index contributed by atoms with van der Waals surface area (Å²) in [6, 6.07) is 13.5. The van der Waals surface area contributed by atoms with Gasteiger partial charge in [-0.3, -0.25) is 13.9 Å². The maximum Gasteiger partial charge on any atom is 0.331 e. The molecular weight excluding hydrogens is 316 g/mol. The minimum atomic E-state index is -0.207. The molecule has 25 heavy (non-hydrogen) atoms. The molecule has 3 rings (SSSR count). The van der Waals surface area contributed by atoms with Crippen molar-refractivity contribution in [2.24, 2.45) is 0 Å². The molecule has 0 aliphatic heterocycles. The minimum Gasteiger partial charge on any atom is -0.354 e. The molecule has 0 unspecified atom stereocenters. The van der Waals surface area contributed by atoms with Gasteiger partial charge in [0.25, 0.3) is 0 Å². The fraction of sp³-hybridized carbons (Fsp3) is 0.316. The van der Waals surface area contributed by atoms with Crippen LogP contribution >= 0.6 is 0 Å². The van der Waals surface area contributed by atoms with Crippen LogP contribution in [0.25, 0.3) is 11.2 Å². The van der Waals surface area contributed by atoms with Gasteiger partial charge in [0.1, 0.15) is 6.54 Å². The molecule has 6 nitrogen and oxygen atoms in total. The van der Waals surface area contributed by atoms with Gasteiger partial charge in [-0.05, 0) is 38.0 Å². The number of rotatable bonds is 6. The first-order valence-corrected chi connectivity index (χ1v) is 8.44. The molecule has 6 heteroatoms. The van der Waals surface area contributed by atoms with Crippen molar-refractivity contribution < 1.29 is 4.79 Å². The fourth-order valence-corrected chi connectivity index (χ4v) is 2.92. The molecular formula is C19H22N4O2. The van der Waals surface area contributed by atoms with Crippen LogP contribution in [0.15, 0.2) is 53.5 Å². The number of carbonyl (C=O) groups excluding carboxylic acids is 1. The number of fused-ring (bicyclic) bond motifs is 1. The Morgan fingerprint density at radius 3 is 2.64 bits per heavy atom. The van der Waals surface area contributed by atoms with Gasteiger partial charge in [0.15, 0.2) is 5.65 Å². The molecule has 0 saturated carbocycles. The zero-order valence-corrected chi connectivity index (χ0v) is 14.5. The molecule has 2 heterocycles. The molecule has 1 amide bonds. The van der Waals surface area contributed by atoms with Crippen LogP contribution in [0, 0.1) is 0 Å². The largest absolute Gasteiger partial charge is 0.354 e. The van der Waals surface area contributed by atoms with Crippen molar-refractivity contribution in [1.82, 2.24) is 19.4 Å². The van der Waals surface area contributed by atoms with Crippen LogP contribution in [-0.4, -0.2) is 26.6 Å². The molecule has 3 aromatic rings. The van der Waals surface area contributed by atoms with Crippen LogP contribution in [0.4, 0.5) is 0 Å². The van der Waals surface area contributed by atoms with Gasteiger partial charge in [0.2, 0.25) is 5.91 Å². The lowest BCUT2D eigenvalue weighted by atomic mass is 10.1. The van der Waals surface area contributed by atoms with E-state index in [0.29, 0.717) is 17.7 Å². The van der Waals surface area contributed by atoms with Crippen molar-refractivity contribution in [3.63, 3.8) is 0 Å². The van der Waals surface area contributed by atoms with E-state index in [9.17, 15) is 9.59 Å². The standard InChI is InChI=1S/C19H22N4O2/c1-14(2)23-18-16(9-6-11-21-18)22(19(23)25)13-17(24)20-12-10-15-7-4-3-5-8-15/h3-9,11,14H,10,12-13H2,1-2H3,(H,20,24). The number of nitrogens with one attached hydrogen (secondary N) is 1.